The average Bonchev–Trinajstić information content (AvgIpc) is 2.57. The molecule has 5 rings (SSSR count). The van der Waals surface area contributed by atoms with Crippen LogP contribution in [0, 0.1) is 0 Å². The fourth-order valence-corrected chi connectivity index (χ4v) is 4.29. The molecule has 3 aliphatic carbocycles. The van der Waals surface area contributed by atoms with Gasteiger partial charge in [-0.15, -0.1) is 0 Å². The fourth-order valence-electron chi connectivity index (χ4n) is 4.29. The lowest BCUT2D eigenvalue weighted by atomic mass is 9.55. The Morgan fingerprint density at radius 2 is 1.14 bits per heavy atom. The SMILES string of the molecule is NC12CCC(c3ccc(-c4ccccc4)cc3)(CC1)CC2. The molecule has 0 spiro atoms. The maximum atomic E-state index is 6.43. The van der Waals surface area contributed by atoms with Crippen molar-refractivity contribution >= 4 is 0 Å². The lowest BCUT2D eigenvalue weighted by molar-refractivity contribution is 0.107. The Labute approximate surface area is 127 Å². The van der Waals surface area contributed by atoms with Gasteiger partial charge < -0.3 is 5.73 Å². The molecule has 3 saturated carbocycles. The number of benzene rings is 2. The second-order valence-corrected chi connectivity index (χ2v) is 7.09. The van der Waals surface area contributed by atoms with Gasteiger partial charge in [0.25, 0.3) is 0 Å². The summed E-state index contributed by atoms with van der Waals surface area (Å²) in [7, 11) is 0. The molecule has 0 heterocycles. The summed E-state index contributed by atoms with van der Waals surface area (Å²) in [5, 5.41) is 0. The highest BCUT2D eigenvalue weighted by Gasteiger charge is 2.47. The number of nitrogens with two attached hydrogens (primary N) is 1. The van der Waals surface area contributed by atoms with Gasteiger partial charge in [0.05, 0.1) is 0 Å². The molecule has 0 unspecified atom stereocenters. The summed E-state index contributed by atoms with van der Waals surface area (Å²) in [5.74, 6) is 0. The van der Waals surface area contributed by atoms with Crippen LogP contribution in [0.4, 0.5) is 0 Å². The second kappa shape index (κ2) is 4.71. The van der Waals surface area contributed by atoms with Crippen LogP contribution < -0.4 is 5.73 Å². The number of fused-ring (bicyclic) bond motifs is 3. The molecule has 2 aromatic rings. The van der Waals surface area contributed by atoms with Gasteiger partial charge in [0.1, 0.15) is 0 Å². The summed E-state index contributed by atoms with van der Waals surface area (Å²) in [5.41, 5.74) is 11.2. The highest BCUT2D eigenvalue weighted by molar-refractivity contribution is 5.63. The summed E-state index contributed by atoms with van der Waals surface area (Å²) in [6.07, 6.45) is 7.42. The van der Waals surface area contributed by atoms with Gasteiger partial charge in [0.2, 0.25) is 0 Å². The third-order valence-corrected chi connectivity index (χ3v) is 5.91. The summed E-state index contributed by atoms with van der Waals surface area (Å²) in [6, 6.07) is 19.9. The van der Waals surface area contributed by atoms with Gasteiger partial charge in [-0.2, -0.15) is 0 Å². The summed E-state index contributed by atoms with van der Waals surface area (Å²) in [6.45, 7) is 0. The van der Waals surface area contributed by atoms with E-state index in [4.69, 9.17) is 5.73 Å². The molecule has 108 valence electrons. The van der Waals surface area contributed by atoms with E-state index in [0.717, 1.165) is 0 Å². The first-order valence-corrected chi connectivity index (χ1v) is 8.14. The molecule has 1 heteroatoms. The van der Waals surface area contributed by atoms with Crippen LogP contribution in [0.2, 0.25) is 0 Å². The third-order valence-electron chi connectivity index (χ3n) is 5.91. The number of hydrogen-bond acceptors (Lipinski definition) is 1. The Morgan fingerprint density at radius 3 is 1.71 bits per heavy atom. The Hall–Kier alpha value is -1.60. The van der Waals surface area contributed by atoms with Crippen molar-refractivity contribution in [2.45, 2.75) is 49.5 Å². The molecule has 2 N–H and O–H groups in total. The van der Waals surface area contributed by atoms with E-state index in [1.807, 2.05) is 0 Å². The van der Waals surface area contributed by atoms with Crippen LogP contribution in [-0.4, -0.2) is 5.54 Å². The molecule has 0 amide bonds. The summed E-state index contributed by atoms with van der Waals surface area (Å²) >= 11 is 0. The van der Waals surface area contributed by atoms with Crippen LogP contribution in [0.1, 0.15) is 44.1 Å². The highest BCUT2D eigenvalue weighted by atomic mass is 14.8. The second-order valence-electron chi connectivity index (χ2n) is 7.09. The molecule has 0 radical (unpaired) electrons. The standard InChI is InChI=1S/C20H23N/c21-20-13-10-19(11-14-20,12-15-20)18-8-6-17(7-9-18)16-4-2-1-3-5-16/h1-9H,10-15,21H2. The monoisotopic (exact) mass is 277 g/mol. The zero-order valence-electron chi connectivity index (χ0n) is 12.5. The molecule has 0 atom stereocenters. The van der Waals surface area contributed by atoms with Crippen molar-refractivity contribution < 1.29 is 0 Å². The zero-order valence-corrected chi connectivity index (χ0v) is 12.5. The predicted molar refractivity (Wildman–Crippen MR) is 88.2 cm³/mol. The van der Waals surface area contributed by atoms with Crippen molar-refractivity contribution in [1.82, 2.24) is 0 Å². The van der Waals surface area contributed by atoms with Crippen molar-refractivity contribution in [3.05, 3.63) is 60.2 Å². The zero-order chi connectivity index (χ0) is 14.3. The molecule has 3 aliphatic rings. The lowest BCUT2D eigenvalue weighted by Gasteiger charge is -2.52. The maximum Gasteiger partial charge on any atom is 0.0155 e. The number of hydrogen-bond donors (Lipinski definition) is 1. The van der Waals surface area contributed by atoms with Gasteiger partial charge in [0.15, 0.2) is 0 Å². The van der Waals surface area contributed by atoms with Gasteiger partial charge >= 0.3 is 0 Å². The van der Waals surface area contributed by atoms with Crippen LogP contribution in [0.25, 0.3) is 11.1 Å². The highest BCUT2D eigenvalue weighted by Crippen LogP contribution is 2.52. The van der Waals surface area contributed by atoms with Gasteiger partial charge in [-0.1, -0.05) is 54.6 Å². The minimum absolute atomic E-state index is 0.158. The minimum atomic E-state index is 0.158. The molecule has 0 aromatic heterocycles. The summed E-state index contributed by atoms with van der Waals surface area (Å²) < 4.78 is 0. The van der Waals surface area contributed by atoms with Gasteiger partial charge in [0, 0.05) is 5.54 Å². The quantitative estimate of drug-likeness (QED) is 0.849. The molecular formula is C20H23N. The van der Waals surface area contributed by atoms with Crippen molar-refractivity contribution in [2.24, 2.45) is 5.73 Å². The molecule has 21 heavy (non-hydrogen) atoms. The van der Waals surface area contributed by atoms with E-state index in [1.165, 1.54) is 55.2 Å². The molecule has 2 aromatic carbocycles. The molecule has 1 nitrogen and oxygen atoms in total. The van der Waals surface area contributed by atoms with Crippen LogP contribution in [0.15, 0.2) is 54.6 Å². The van der Waals surface area contributed by atoms with E-state index < -0.39 is 0 Å². The largest absolute Gasteiger partial charge is 0.325 e. The Balaban J connectivity index is 1.63. The Morgan fingerprint density at radius 1 is 0.619 bits per heavy atom. The fraction of sp³-hybridized carbons (Fsp3) is 0.400. The third kappa shape index (κ3) is 2.20. The van der Waals surface area contributed by atoms with Crippen LogP contribution >= 0.6 is 0 Å². The normalized spacial score (nSPS) is 31.3. The van der Waals surface area contributed by atoms with Crippen molar-refractivity contribution in [3.8, 4) is 11.1 Å². The topological polar surface area (TPSA) is 26.0 Å². The first-order valence-electron chi connectivity index (χ1n) is 8.14. The van der Waals surface area contributed by atoms with E-state index >= 15 is 0 Å². The summed E-state index contributed by atoms with van der Waals surface area (Å²) in [4.78, 5) is 0. The Kier molecular flexibility index (Phi) is 2.93. The smallest absolute Gasteiger partial charge is 0.0155 e. The van der Waals surface area contributed by atoms with E-state index in [0.29, 0.717) is 5.41 Å². The first kappa shape index (κ1) is 13.1. The van der Waals surface area contributed by atoms with Gasteiger partial charge in [-0.3, -0.25) is 0 Å². The minimum Gasteiger partial charge on any atom is -0.325 e. The van der Waals surface area contributed by atoms with E-state index in [1.54, 1.807) is 0 Å². The van der Waals surface area contributed by atoms with Crippen molar-refractivity contribution in [1.29, 1.82) is 0 Å². The maximum absolute atomic E-state index is 6.43. The van der Waals surface area contributed by atoms with Crippen LogP contribution in [0.5, 0.6) is 0 Å². The van der Waals surface area contributed by atoms with Gasteiger partial charge in [-0.05, 0) is 60.6 Å². The lowest BCUT2D eigenvalue weighted by Crippen LogP contribution is -2.53. The van der Waals surface area contributed by atoms with Crippen molar-refractivity contribution in [3.63, 3.8) is 0 Å². The molecule has 2 bridgehead atoms. The average molecular weight is 277 g/mol. The molecule has 0 aliphatic heterocycles. The molecular weight excluding hydrogens is 254 g/mol. The van der Waals surface area contributed by atoms with E-state index in [2.05, 4.69) is 54.6 Å². The molecule has 0 saturated heterocycles. The Bertz CT molecular complexity index is 602. The van der Waals surface area contributed by atoms with E-state index in [9.17, 15) is 0 Å². The van der Waals surface area contributed by atoms with Crippen LogP contribution in [-0.2, 0) is 5.41 Å². The predicted octanol–water partition coefficient (Wildman–Crippen LogP) is 4.66. The van der Waals surface area contributed by atoms with E-state index in [-0.39, 0.29) is 5.54 Å². The number of rotatable bonds is 2. The first-order chi connectivity index (χ1) is 10.2. The van der Waals surface area contributed by atoms with Crippen molar-refractivity contribution in [2.75, 3.05) is 0 Å². The molecule has 3 fully saturated rings. The van der Waals surface area contributed by atoms with Crippen LogP contribution in [0.3, 0.4) is 0 Å². The van der Waals surface area contributed by atoms with Gasteiger partial charge in [-0.25, -0.2) is 0 Å².